The summed E-state index contributed by atoms with van der Waals surface area (Å²) >= 11 is 1.58. The molecular formula is C16H23NO3S. The van der Waals surface area contributed by atoms with Crippen LogP contribution in [0.25, 0.3) is 0 Å². The minimum atomic E-state index is -0.790. The molecule has 1 amide bonds. The molecule has 0 aliphatic rings. The van der Waals surface area contributed by atoms with Gasteiger partial charge in [-0.05, 0) is 32.3 Å². The van der Waals surface area contributed by atoms with Gasteiger partial charge < -0.3 is 10.4 Å². The smallest absolute Gasteiger partial charge is 0.303 e. The Morgan fingerprint density at radius 2 is 1.95 bits per heavy atom. The van der Waals surface area contributed by atoms with Gasteiger partial charge in [-0.25, -0.2) is 0 Å². The lowest BCUT2D eigenvalue weighted by Crippen LogP contribution is -2.33. The first-order chi connectivity index (χ1) is 9.97. The van der Waals surface area contributed by atoms with Gasteiger partial charge in [-0.15, -0.1) is 11.8 Å². The highest BCUT2D eigenvalue weighted by molar-refractivity contribution is 7.99. The molecule has 0 saturated carbocycles. The van der Waals surface area contributed by atoms with E-state index in [0.717, 1.165) is 5.75 Å². The lowest BCUT2D eigenvalue weighted by Gasteiger charge is -2.13. The van der Waals surface area contributed by atoms with Crippen molar-refractivity contribution in [2.45, 2.75) is 44.9 Å². The normalized spacial score (nSPS) is 11.9. The van der Waals surface area contributed by atoms with Crippen LogP contribution in [0.2, 0.25) is 0 Å². The van der Waals surface area contributed by atoms with Gasteiger partial charge in [0.05, 0.1) is 5.75 Å². The highest BCUT2D eigenvalue weighted by Gasteiger charge is 2.08. The molecule has 5 heteroatoms. The summed E-state index contributed by atoms with van der Waals surface area (Å²) in [6.07, 6.45) is 1.44. The van der Waals surface area contributed by atoms with Gasteiger partial charge in [-0.3, -0.25) is 9.59 Å². The number of carboxylic acids is 1. The van der Waals surface area contributed by atoms with E-state index in [1.54, 1.807) is 11.8 Å². The van der Waals surface area contributed by atoms with Gasteiger partial charge in [0, 0.05) is 18.2 Å². The number of aryl methyl sites for hydroxylation is 1. The largest absolute Gasteiger partial charge is 0.481 e. The Hall–Kier alpha value is -1.49. The fraction of sp³-hybridized carbons (Fsp3) is 0.500. The number of carboxylic acid groups (broad SMARTS) is 1. The molecule has 21 heavy (non-hydrogen) atoms. The molecule has 0 aromatic heterocycles. The van der Waals surface area contributed by atoms with E-state index >= 15 is 0 Å². The molecule has 4 nitrogen and oxygen atoms in total. The van der Waals surface area contributed by atoms with Crippen LogP contribution in [0, 0.1) is 6.92 Å². The van der Waals surface area contributed by atoms with Crippen molar-refractivity contribution in [1.82, 2.24) is 5.32 Å². The van der Waals surface area contributed by atoms with Crippen molar-refractivity contribution in [3.05, 3.63) is 35.4 Å². The number of nitrogens with one attached hydrogen (secondary N) is 1. The molecule has 1 unspecified atom stereocenters. The number of hydrogen-bond donors (Lipinski definition) is 2. The molecule has 0 aliphatic heterocycles. The lowest BCUT2D eigenvalue weighted by atomic mass is 10.1. The van der Waals surface area contributed by atoms with E-state index < -0.39 is 5.97 Å². The summed E-state index contributed by atoms with van der Waals surface area (Å²) in [6, 6.07) is 8.32. The highest BCUT2D eigenvalue weighted by atomic mass is 32.2. The predicted octanol–water partition coefficient (Wildman–Crippen LogP) is 2.99. The van der Waals surface area contributed by atoms with E-state index in [1.165, 1.54) is 11.1 Å². The molecule has 1 aromatic rings. The van der Waals surface area contributed by atoms with Gasteiger partial charge in [0.1, 0.15) is 0 Å². The molecule has 1 rings (SSSR count). The van der Waals surface area contributed by atoms with Crippen molar-refractivity contribution in [2.75, 3.05) is 5.75 Å². The summed E-state index contributed by atoms with van der Waals surface area (Å²) in [4.78, 5) is 22.2. The van der Waals surface area contributed by atoms with Crippen molar-refractivity contribution < 1.29 is 14.7 Å². The number of thioether (sulfide) groups is 1. The second kappa shape index (κ2) is 9.45. The number of rotatable bonds is 9. The van der Waals surface area contributed by atoms with Crippen LogP contribution < -0.4 is 5.32 Å². The van der Waals surface area contributed by atoms with Crippen LogP contribution in [-0.4, -0.2) is 28.8 Å². The summed E-state index contributed by atoms with van der Waals surface area (Å²) in [6.45, 7) is 3.96. The number of carbonyl (C=O) groups excluding carboxylic acids is 1. The molecule has 0 fully saturated rings. The molecule has 0 spiro atoms. The van der Waals surface area contributed by atoms with Gasteiger partial charge in [-0.2, -0.15) is 0 Å². The maximum atomic E-state index is 11.7. The molecule has 2 N–H and O–H groups in total. The summed E-state index contributed by atoms with van der Waals surface area (Å²) < 4.78 is 0. The van der Waals surface area contributed by atoms with Crippen LogP contribution >= 0.6 is 11.8 Å². The number of amides is 1. The molecule has 0 saturated heterocycles. The zero-order valence-corrected chi connectivity index (χ0v) is 13.4. The maximum absolute atomic E-state index is 11.7. The second-order valence-electron chi connectivity index (χ2n) is 5.23. The molecule has 0 aliphatic carbocycles. The van der Waals surface area contributed by atoms with Crippen molar-refractivity contribution in [1.29, 1.82) is 0 Å². The van der Waals surface area contributed by atoms with E-state index in [4.69, 9.17) is 5.11 Å². The van der Waals surface area contributed by atoms with Gasteiger partial charge in [0.2, 0.25) is 5.91 Å². The van der Waals surface area contributed by atoms with Crippen LogP contribution in [0.15, 0.2) is 24.3 Å². The first-order valence-corrected chi connectivity index (χ1v) is 8.27. The van der Waals surface area contributed by atoms with E-state index in [9.17, 15) is 9.59 Å². The molecule has 1 atom stereocenters. The van der Waals surface area contributed by atoms with Crippen LogP contribution in [0.5, 0.6) is 0 Å². The average molecular weight is 309 g/mol. The van der Waals surface area contributed by atoms with E-state index in [1.807, 2.05) is 6.92 Å². The summed E-state index contributed by atoms with van der Waals surface area (Å²) in [7, 11) is 0. The molecule has 0 bridgehead atoms. The van der Waals surface area contributed by atoms with E-state index in [-0.39, 0.29) is 18.4 Å². The molecular weight excluding hydrogens is 286 g/mol. The Morgan fingerprint density at radius 3 is 2.57 bits per heavy atom. The predicted molar refractivity (Wildman–Crippen MR) is 86.4 cm³/mol. The number of aliphatic carboxylic acids is 1. The molecule has 1 aromatic carbocycles. The first kappa shape index (κ1) is 17.6. The molecule has 116 valence electrons. The van der Waals surface area contributed by atoms with Gasteiger partial charge in [0.25, 0.3) is 0 Å². The van der Waals surface area contributed by atoms with Crippen LogP contribution in [0.3, 0.4) is 0 Å². The average Bonchev–Trinajstić information content (AvgIpc) is 2.40. The van der Waals surface area contributed by atoms with Gasteiger partial charge in [-0.1, -0.05) is 29.8 Å². The maximum Gasteiger partial charge on any atom is 0.303 e. The van der Waals surface area contributed by atoms with Crippen molar-refractivity contribution in [3.8, 4) is 0 Å². The Bertz CT molecular complexity index is 459. The zero-order valence-electron chi connectivity index (χ0n) is 12.6. The second-order valence-corrected chi connectivity index (χ2v) is 6.22. The fourth-order valence-electron chi connectivity index (χ4n) is 1.89. The fourth-order valence-corrected chi connectivity index (χ4v) is 2.69. The third-order valence-electron chi connectivity index (χ3n) is 3.06. The Labute approximate surface area is 130 Å². The van der Waals surface area contributed by atoms with Crippen molar-refractivity contribution >= 4 is 23.6 Å². The summed E-state index contributed by atoms with van der Waals surface area (Å²) in [5, 5.41) is 11.5. The lowest BCUT2D eigenvalue weighted by molar-refractivity contribution is -0.137. The van der Waals surface area contributed by atoms with Crippen LogP contribution in [0.4, 0.5) is 0 Å². The van der Waals surface area contributed by atoms with Gasteiger partial charge >= 0.3 is 5.97 Å². The summed E-state index contributed by atoms with van der Waals surface area (Å²) in [5.41, 5.74) is 2.45. The Morgan fingerprint density at radius 1 is 1.29 bits per heavy atom. The minimum absolute atomic E-state index is 0.00920. The highest BCUT2D eigenvalue weighted by Crippen LogP contribution is 2.12. The van der Waals surface area contributed by atoms with Crippen LogP contribution in [-0.2, 0) is 15.3 Å². The third-order valence-corrected chi connectivity index (χ3v) is 4.06. The Kier molecular flexibility index (Phi) is 7.90. The van der Waals surface area contributed by atoms with E-state index in [0.29, 0.717) is 18.6 Å². The third kappa shape index (κ3) is 8.40. The number of benzene rings is 1. The summed E-state index contributed by atoms with van der Waals surface area (Å²) in [5.74, 6) is 0.468. The number of hydrogen-bond acceptors (Lipinski definition) is 3. The topological polar surface area (TPSA) is 66.4 Å². The van der Waals surface area contributed by atoms with Crippen LogP contribution in [0.1, 0.15) is 37.3 Å². The minimum Gasteiger partial charge on any atom is -0.481 e. The molecule has 0 radical (unpaired) electrons. The standard InChI is InChI=1S/C16H23NO3S/c1-12-6-8-14(9-7-12)10-21-11-15(18)17-13(2)4-3-5-16(19)20/h6-9,13H,3-5,10-11H2,1-2H3,(H,17,18)(H,19,20). The van der Waals surface area contributed by atoms with Crippen molar-refractivity contribution in [2.24, 2.45) is 0 Å². The molecule has 0 heterocycles. The quantitative estimate of drug-likeness (QED) is 0.736. The van der Waals surface area contributed by atoms with Crippen molar-refractivity contribution in [3.63, 3.8) is 0 Å². The first-order valence-electron chi connectivity index (χ1n) is 7.12. The monoisotopic (exact) mass is 309 g/mol. The SMILES string of the molecule is Cc1ccc(CSCC(=O)NC(C)CCCC(=O)O)cc1. The van der Waals surface area contributed by atoms with E-state index in [2.05, 4.69) is 36.5 Å². The Balaban J connectivity index is 2.15. The zero-order chi connectivity index (χ0) is 15.7. The number of carbonyl (C=O) groups is 2. The van der Waals surface area contributed by atoms with Gasteiger partial charge in [0.15, 0.2) is 0 Å².